The third-order valence-corrected chi connectivity index (χ3v) is 2.34. The molecule has 0 aliphatic carbocycles. The molecule has 0 N–H and O–H groups in total. The molecule has 1 aromatic heterocycles. The van der Waals surface area contributed by atoms with Crippen molar-refractivity contribution in [1.29, 1.82) is 0 Å². The highest BCUT2D eigenvalue weighted by molar-refractivity contribution is 6.39. The quantitative estimate of drug-likeness (QED) is 0.520. The molecule has 0 aliphatic heterocycles. The Kier molecular flexibility index (Phi) is 2.34. The Bertz CT molecular complexity index is 487. The molecule has 1 heterocycles. The van der Waals surface area contributed by atoms with Gasteiger partial charge < -0.3 is 4.74 Å². The summed E-state index contributed by atoms with van der Waals surface area (Å²) in [6.45, 7) is 0. The lowest BCUT2D eigenvalue weighted by Crippen LogP contribution is -2.12. The zero-order chi connectivity index (χ0) is 10.1. The van der Waals surface area contributed by atoms with E-state index in [1.807, 2.05) is 24.3 Å². The van der Waals surface area contributed by atoms with E-state index in [9.17, 15) is 0 Å². The summed E-state index contributed by atoms with van der Waals surface area (Å²) in [5.41, 5.74) is 0.316. The average molecular weight is 203 g/mol. The minimum atomic E-state index is 0.316. The van der Waals surface area contributed by atoms with Gasteiger partial charge in [0, 0.05) is 16.4 Å². The number of methoxy groups -OCH3 is 1. The van der Waals surface area contributed by atoms with Crippen molar-refractivity contribution < 1.29 is 4.74 Å². The van der Waals surface area contributed by atoms with Crippen molar-refractivity contribution in [3.05, 3.63) is 29.4 Å². The van der Waals surface area contributed by atoms with Crippen molar-refractivity contribution in [3.63, 3.8) is 0 Å². The molecule has 0 unspecified atom stereocenters. The summed E-state index contributed by atoms with van der Waals surface area (Å²) in [5.74, 6) is 0.574. The van der Waals surface area contributed by atoms with E-state index in [1.165, 1.54) is 0 Å². The van der Waals surface area contributed by atoms with E-state index in [1.54, 1.807) is 7.11 Å². The minimum absolute atomic E-state index is 0.316. The molecule has 0 amide bonds. The maximum atomic E-state index is 5.94. The normalized spacial score (nSPS) is 10.4. The van der Waals surface area contributed by atoms with E-state index in [4.69, 9.17) is 24.2 Å². The smallest absolute Gasteiger partial charge is 0.147 e. The molecule has 0 aliphatic rings. The maximum absolute atomic E-state index is 5.94. The first-order valence-corrected chi connectivity index (χ1v) is 4.49. The van der Waals surface area contributed by atoms with Crippen molar-refractivity contribution in [2.75, 3.05) is 7.11 Å². The van der Waals surface area contributed by atoms with E-state index >= 15 is 0 Å². The first-order valence-electron chi connectivity index (χ1n) is 4.11. The van der Waals surface area contributed by atoms with Crippen LogP contribution in [0.25, 0.3) is 10.8 Å². The van der Waals surface area contributed by atoms with Gasteiger partial charge in [-0.05, 0) is 0 Å². The van der Waals surface area contributed by atoms with Crippen LogP contribution in [0.5, 0.6) is 5.75 Å². The molecule has 2 nitrogen and oxygen atoms in total. The Hall–Kier alpha value is -1.22. The first-order chi connectivity index (χ1) is 6.74. The van der Waals surface area contributed by atoms with Crippen molar-refractivity contribution >= 4 is 35.8 Å². The van der Waals surface area contributed by atoms with Crippen LogP contribution in [0, 0.1) is 0 Å². The van der Waals surface area contributed by atoms with Crippen LogP contribution in [0.2, 0.25) is 5.15 Å². The SMILES string of the molecule is [B]c1nc(Cl)c2ccccc2c1OC. The van der Waals surface area contributed by atoms with Crippen LogP contribution in [0.4, 0.5) is 0 Å². The standard InChI is InChI=1S/C10H7BClNO/c1-14-8-6-4-2-3-5-7(6)10(12)13-9(8)11/h2-5H,1H3. The molecule has 2 radical (unpaired) electrons. The van der Waals surface area contributed by atoms with Gasteiger partial charge >= 0.3 is 0 Å². The molecule has 2 aromatic rings. The fourth-order valence-electron chi connectivity index (χ4n) is 1.43. The van der Waals surface area contributed by atoms with Crippen molar-refractivity contribution in [2.24, 2.45) is 0 Å². The number of halogens is 1. The van der Waals surface area contributed by atoms with Gasteiger partial charge in [-0.15, -0.1) is 0 Å². The highest BCUT2D eigenvalue weighted by atomic mass is 35.5. The molecule has 0 spiro atoms. The number of benzene rings is 1. The Labute approximate surface area is 88.3 Å². The molecule has 68 valence electrons. The Morgan fingerprint density at radius 1 is 1.29 bits per heavy atom. The second-order valence-electron chi connectivity index (χ2n) is 2.87. The van der Waals surface area contributed by atoms with E-state index in [-0.39, 0.29) is 0 Å². The highest BCUT2D eigenvalue weighted by Crippen LogP contribution is 2.26. The van der Waals surface area contributed by atoms with E-state index < -0.39 is 0 Å². The average Bonchev–Trinajstić information content (AvgIpc) is 2.18. The van der Waals surface area contributed by atoms with Gasteiger partial charge in [-0.25, -0.2) is 4.98 Å². The van der Waals surface area contributed by atoms with Gasteiger partial charge in [-0.2, -0.15) is 0 Å². The van der Waals surface area contributed by atoms with Crippen LogP contribution in [-0.4, -0.2) is 19.9 Å². The monoisotopic (exact) mass is 203 g/mol. The number of ether oxygens (including phenoxy) is 1. The minimum Gasteiger partial charge on any atom is -0.495 e. The van der Waals surface area contributed by atoms with Crippen LogP contribution >= 0.6 is 11.6 Å². The van der Waals surface area contributed by atoms with Crippen molar-refractivity contribution in [1.82, 2.24) is 4.98 Å². The van der Waals surface area contributed by atoms with Crippen molar-refractivity contribution in [2.45, 2.75) is 0 Å². The van der Waals surface area contributed by atoms with Crippen molar-refractivity contribution in [3.8, 4) is 5.75 Å². The summed E-state index contributed by atoms with van der Waals surface area (Å²) in [7, 11) is 7.24. The molecular formula is C10H7BClNO. The zero-order valence-electron chi connectivity index (χ0n) is 7.62. The number of pyridine rings is 1. The molecular weight excluding hydrogens is 196 g/mol. The van der Waals surface area contributed by atoms with E-state index in [2.05, 4.69) is 4.98 Å². The van der Waals surface area contributed by atoms with Gasteiger partial charge in [0.2, 0.25) is 0 Å². The molecule has 0 fully saturated rings. The lowest BCUT2D eigenvalue weighted by Gasteiger charge is -2.09. The Morgan fingerprint density at radius 2 is 1.93 bits per heavy atom. The molecule has 4 heteroatoms. The summed E-state index contributed by atoms with van der Waals surface area (Å²) >= 11 is 5.94. The molecule has 1 aromatic carbocycles. The molecule has 0 bridgehead atoms. The fraction of sp³-hybridized carbons (Fsp3) is 0.100. The Balaban J connectivity index is 2.90. The second-order valence-corrected chi connectivity index (χ2v) is 3.22. The number of nitrogens with zero attached hydrogens (tertiary/aromatic N) is 1. The molecule has 0 saturated carbocycles. The predicted molar refractivity (Wildman–Crippen MR) is 58.7 cm³/mol. The topological polar surface area (TPSA) is 22.1 Å². The number of hydrogen-bond donors (Lipinski definition) is 0. The van der Waals surface area contributed by atoms with Crippen LogP contribution in [0.3, 0.4) is 0 Å². The largest absolute Gasteiger partial charge is 0.495 e. The lowest BCUT2D eigenvalue weighted by molar-refractivity contribution is 0.422. The molecule has 0 saturated heterocycles. The fourth-order valence-corrected chi connectivity index (χ4v) is 1.69. The van der Waals surface area contributed by atoms with Gasteiger partial charge in [0.05, 0.1) is 7.11 Å². The summed E-state index contributed by atoms with van der Waals surface area (Å²) in [6.07, 6.45) is 0. The summed E-state index contributed by atoms with van der Waals surface area (Å²) < 4.78 is 5.17. The predicted octanol–water partition coefficient (Wildman–Crippen LogP) is 1.69. The number of hydrogen-bond acceptors (Lipinski definition) is 2. The van der Waals surface area contributed by atoms with Gasteiger partial charge in [0.25, 0.3) is 0 Å². The van der Waals surface area contributed by atoms with Crippen LogP contribution in [0.1, 0.15) is 0 Å². The third-order valence-electron chi connectivity index (χ3n) is 2.05. The number of rotatable bonds is 1. The second kappa shape index (κ2) is 3.50. The maximum Gasteiger partial charge on any atom is 0.147 e. The highest BCUT2D eigenvalue weighted by Gasteiger charge is 2.08. The Morgan fingerprint density at radius 3 is 2.57 bits per heavy atom. The third kappa shape index (κ3) is 1.34. The van der Waals surface area contributed by atoms with Gasteiger partial charge in [-0.3, -0.25) is 0 Å². The molecule has 14 heavy (non-hydrogen) atoms. The van der Waals surface area contributed by atoms with Gasteiger partial charge in [0.1, 0.15) is 18.7 Å². The van der Waals surface area contributed by atoms with Crippen LogP contribution < -0.4 is 10.3 Å². The van der Waals surface area contributed by atoms with Gasteiger partial charge in [0.15, 0.2) is 0 Å². The van der Waals surface area contributed by atoms with Gasteiger partial charge in [-0.1, -0.05) is 35.9 Å². The van der Waals surface area contributed by atoms with E-state index in [0.29, 0.717) is 16.5 Å². The van der Waals surface area contributed by atoms with E-state index in [0.717, 1.165) is 10.8 Å². The summed E-state index contributed by atoms with van der Waals surface area (Å²) in [6, 6.07) is 7.58. The molecule has 0 atom stereocenters. The lowest BCUT2D eigenvalue weighted by atomic mass is 9.99. The zero-order valence-corrected chi connectivity index (χ0v) is 8.38. The van der Waals surface area contributed by atoms with Crippen LogP contribution in [-0.2, 0) is 0 Å². The first kappa shape index (κ1) is 9.34. The number of fused-ring (bicyclic) bond motifs is 1. The number of aromatic nitrogens is 1. The summed E-state index contributed by atoms with van der Waals surface area (Å²) in [4.78, 5) is 3.99. The molecule has 2 rings (SSSR count). The summed E-state index contributed by atoms with van der Waals surface area (Å²) in [5, 5.41) is 2.13. The van der Waals surface area contributed by atoms with Crippen LogP contribution in [0.15, 0.2) is 24.3 Å².